The Morgan fingerprint density at radius 3 is 2.50 bits per heavy atom. The van der Waals surface area contributed by atoms with Crippen molar-refractivity contribution >= 4 is 27.3 Å². The van der Waals surface area contributed by atoms with Gasteiger partial charge in [0, 0.05) is 10.4 Å². The van der Waals surface area contributed by atoms with Gasteiger partial charge in [-0.2, -0.15) is 0 Å². The van der Waals surface area contributed by atoms with Crippen molar-refractivity contribution in [2.45, 2.75) is 13.5 Å². The lowest BCUT2D eigenvalue weighted by molar-refractivity contribution is 0.0970. The first kappa shape index (κ1) is 19.8. The topological polar surface area (TPSA) is 70.4 Å². The number of carbonyl (C=O) groups excluding carboxylic acids is 1. The number of ether oxygens (including phenoxy) is 2. The Balaban J connectivity index is 1.70. The van der Waals surface area contributed by atoms with Crippen LogP contribution in [0.25, 0.3) is 20.7 Å². The van der Waals surface area contributed by atoms with Crippen molar-refractivity contribution in [1.82, 2.24) is 9.55 Å². The van der Waals surface area contributed by atoms with E-state index < -0.39 is 0 Å². The standard InChI is InChI=1S/C23H20N2O4S/c1-14-20-22(30-21(14)15-7-5-4-6-8-15)24-13-25(23(20)27)12-17(26)16-9-10-18(28-2)19(11-16)29-3/h4-11,13H,12H2,1-3H3. The van der Waals surface area contributed by atoms with E-state index in [0.717, 1.165) is 16.0 Å². The maximum absolute atomic E-state index is 13.1. The Labute approximate surface area is 177 Å². The fraction of sp³-hybridized carbons (Fsp3) is 0.174. The Kier molecular flexibility index (Phi) is 5.37. The second kappa shape index (κ2) is 8.12. The van der Waals surface area contributed by atoms with Gasteiger partial charge < -0.3 is 9.47 Å². The van der Waals surface area contributed by atoms with Gasteiger partial charge in [0.2, 0.25) is 0 Å². The van der Waals surface area contributed by atoms with Gasteiger partial charge in [-0.3, -0.25) is 14.2 Å². The normalized spacial score (nSPS) is 10.9. The Hall–Kier alpha value is -3.45. The number of thiophene rings is 1. The first-order valence-electron chi connectivity index (χ1n) is 9.32. The van der Waals surface area contributed by atoms with E-state index in [4.69, 9.17) is 9.47 Å². The van der Waals surface area contributed by atoms with E-state index in [1.807, 2.05) is 37.3 Å². The lowest BCUT2D eigenvalue weighted by Gasteiger charge is -2.10. The van der Waals surface area contributed by atoms with Crippen molar-refractivity contribution in [2.24, 2.45) is 0 Å². The summed E-state index contributed by atoms with van der Waals surface area (Å²) in [5.41, 5.74) is 2.15. The number of benzene rings is 2. The molecule has 30 heavy (non-hydrogen) atoms. The van der Waals surface area contributed by atoms with Crippen LogP contribution in [0, 0.1) is 6.92 Å². The highest BCUT2D eigenvalue weighted by molar-refractivity contribution is 7.22. The molecule has 0 bridgehead atoms. The fourth-order valence-electron chi connectivity index (χ4n) is 3.39. The average Bonchev–Trinajstić information content (AvgIpc) is 3.12. The van der Waals surface area contributed by atoms with Crippen molar-refractivity contribution in [3.05, 3.63) is 76.3 Å². The second-order valence-corrected chi connectivity index (χ2v) is 7.77. The summed E-state index contributed by atoms with van der Waals surface area (Å²) in [5, 5.41) is 0.557. The molecule has 6 nitrogen and oxygen atoms in total. The van der Waals surface area contributed by atoms with Crippen LogP contribution in [0.15, 0.2) is 59.7 Å². The van der Waals surface area contributed by atoms with Gasteiger partial charge in [-0.05, 0) is 36.2 Å². The summed E-state index contributed by atoms with van der Waals surface area (Å²) in [6.45, 7) is 1.82. The van der Waals surface area contributed by atoms with Crippen LogP contribution in [-0.2, 0) is 6.54 Å². The van der Waals surface area contributed by atoms with Crippen LogP contribution in [0.3, 0.4) is 0 Å². The summed E-state index contributed by atoms with van der Waals surface area (Å²) in [7, 11) is 3.05. The van der Waals surface area contributed by atoms with Gasteiger partial charge in [-0.15, -0.1) is 11.3 Å². The number of aryl methyl sites for hydroxylation is 1. The smallest absolute Gasteiger partial charge is 0.262 e. The number of Topliss-reactive ketones (excluding diaryl/α,β-unsaturated/α-hetero) is 1. The van der Waals surface area contributed by atoms with Gasteiger partial charge in [0.05, 0.1) is 32.5 Å². The minimum absolute atomic E-state index is 0.104. The molecule has 0 saturated heterocycles. The van der Waals surface area contributed by atoms with E-state index in [2.05, 4.69) is 4.98 Å². The molecule has 4 rings (SSSR count). The van der Waals surface area contributed by atoms with E-state index in [9.17, 15) is 9.59 Å². The number of nitrogens with zero attached hydrogens (tertiary/aromatic N) is 2. The number of rotatable bonds is 6. The predicted molar refractivity (Wildman–Crippen MR) is 118 cm³/mol. The van der Waals surface area contributed by atoms with Gasteiger partial charge in [-0.1, -0.05) is 30.3 Å². The highest BCUT2D eigenvalue weighted by Crippen LogP contribution is 2.35. The molecule has 2 heterocycles. The molecule has 0 unspecified atom stereocenters. The van der Waals surface area contributed by atoms with E-state index >= 15 is 0 Å². The molecule has 0 N–H and O–H groups in total. The van der Waals surface area contributed by atoms with Crippen molar-refractivity contribution < 1.29 is 14.3 Å². The minimum atomic E-state index is -0.218. The van der Waals surface area contributed by atoms with Gasteiger partial charge in [0.15, 0.2) is 17.3 Å². The Morgan fingerprint density at radius 2 is 1.80 bits per heavy atom. The largest absolute Gasteiger partial charge is 0.493 e. The van der Waals surface area contributed by atoms with Crippen LogP contribution in [0.1, 0.15) is 15.9 Å². The monoisotopic (exact) mass is 420 g/mol. The van der Waals surface area contributed by atoms with E-state index in [0.29, 0.717) is 27.3 Å². The number of aromatic nitrogens is 2. The molecule has 0 radical (unpaired) electrons. The molecule has 7 heteroatoms. The maximum atomic E-state index is 13.1. The van der Waals surface area contributed by atoms with Crippen molar-refractivity contribution in [3.8, 4) is 21.9 Å². The highest BCUT2D eigenvalue weighted by atomic mass is 32.1. The summed E-state index contributed by atoms with van der Waals surface area (Å²) < 4.78 is 11.8. The molecule has 4 aromatic rings. The van der Waals surface area contributed by atoms with Crippen molar-refractivity contribution in [1.29, 1.82) is 0 Å². The third-order valence-electron chi connectivity index (χ3n) is 4.97. The third-order valence-corrected chi connectivity index (χ3v) is 6.22. The first-order chi connectivity index (χ1) is 14.5. The Morgan fingerprint density at radius 1 is 1.07 bits per heavy atom. The number of hydrogen-bond donors (Lipinski definition) is 0. The zero-order valence-corrected chi connectivity index (χ0v) is 17.7. The molecule has 2 aromatic heterocycles. The zero-order chi connectivity index (χ0) is 21.3. The van der Waals surface area contributed by atoms with Gasteiger partial charge in [0.1, 0.15) is 4.83 Å². The highest BCUT2D eigenvalue weighted by Gasteiger charge is 2.18. The van der Waals surface area contributed by atoms with Gasteiger partial charge in [-0.25, -0.2) is 4.98 Å². The zero-order valence-electron chi connectivity index (χ0n) is 16.8. The SMILES string of the molecule is COc1ccc(C(=O)Cn2cnc3sc(-c4ccccc4)c(C)c3c2=O)cc1OC. The van der Waals surface area contributed by atoms with Crippen LogP contribution >= 0.6 is 11.3 Å². The number of carbonyl (C=O) groups is 1. The molecule has 152 valence electrons. The molecule has 0 saturated carbocycles. The van der Waals surface area contributed by atoms with Crippen LogP contribution < -0.4 is 15.0 Å². The van der Waals surface area contributed by atoms with Gasteiger partial charge >= 0.3 is 0 Å². The fourth-order valence-corrected chi connectivity index (χ4v) is 4.54. The molecular weight excluding hydrogens is 400 g/mol. The lowest BCUT2D eigenvalue weighted by atomic mass is 10.1. The number of methoxy groups -OCH3 is 2. The molecular formula is C23H20N2O4S. The summed E-state index contributed by atoms with van der Waals surface area (Å²) >= 11 is 1.48. The first-order valence-corrected chi connectivity index (χ1v) is 10.1. The number of ketones is 1. The van der Waals surface area contributed by atoms with Crippen molar-refractivity contribution in [3.63, 3.8) is 0 Å². The predicted octanol–water partition coefficient (Wildman–Crippen LogP) is 4.33. The molecule has 0 aliphatic carbocycles. The van der Waals surface area contributed by atoms with Gasteiger partial charge in [0.25, 0.3) is 5.56 Å². The lowest BCUT2D eigenvalue weighted by Crippen LogP contribution is -2.24. The summed E-state index contributed by atoms with van der Waals surface area (Å²) in [6, 6.07) is 14.8. The molecule has 0 aliphatic heterocycles. The van der Waals surface area contributed by atoms with E-state index in [1.54, 1.807) is 18.2 Å². The molecule has 0 fully saturated rings. The summed E-state index contributed by atoms with van der Waals surface area (Å²) in [4.78, 5) is 32.0. The molecule has 0 aliphatic rings. The van der Waals surface area contributed by atoms with Crippen LogP contribution in [0.4, 0.5) is 0 Å². The number of hydrogen-bond acceptors (Lipinski definition) is 6. The quantitative estimate of drug-likeness (QED) is 0.434. The molecule has 2 aromatic carbocycles. The third kappa shape index (κ3) is 3.48. The molecule has 0 amide bonds. The van der Waals surface area contributed by atoms with Crippen molar-refractivity contribution in [2.75, 3.05) is 14.2 Å². The minimum Gasteiger partial charge on any atom is -0.493 e. The summed E-state index contributed by atoms with van der Waals surface area (Å²) in [6.07, 6.45) is 1.44. The Bertz CT molecular complexity index is 1290. The summed E-state index contributed by atoms with van der Waals surface area (Å²) in [5.74, 6) is 0.789. The molecule has 0 atom stereocenters. The molecule has 0 spiro atoms. The van der Waals surface area contributed by atoms with E-state index in [-0.39, 0.29) is 17.9 Å². The average molecular weight is 420 g/mol. The van der Waals surface area contributed by atoms with E-state index in [1.165, 1.54) is 36.5 Å². The van der Waals surface area contributed by atoms with Crippen LogP contribution in [-0.4, -0.2) is 29.6 Å². The van der Waals surface area contributed by atoms with Crippen LogP contribution in [0.2, 0.25) is 0 Å². The van der Waals surface area contributed by atoms with Crippen LogP contribution in [0.5, 0.6) is 11.5 Å². The number of fused-ring (bicyclic) bond motifs is 1. The second-order valence-electron chi connectivity index (χ2n) is 6.77. The maximum Gasteiger partial charge on any atom is 0.262 e.